The Labute approximate surface area is 110 Å². The minimum atomic E-state index is 0.618. The molecule has 0 aliphatic heterocycles. The van der Waals surface area contributed by atoms with Gasteiger partial charge in [-0.15, -0.1) is 0 Å². The number of hydrogen-bond donors (Lipinski definition) is 2. The smallest absolute Gasteiger partial charge is 0.143 e. The summed E-state index contributed by atoms with van der Waals surface area (Å²) in [5, 5.41) is 3.38. The van der Waals surface area contributed by atoms with Crippen molar-refractivity contribution in [2.45, 2.75) is 26.3 Å². The number of benzene rings is 1. The molecule has 0 saturated carbocycles. The maximum atomic E-state index is 5.77. The van der Waals surface area contributed by atoms with Crippen LogP contribution in [0.4, 0.5) is 11.4 Å². The van der Waals surface area contributed by atoms with Crippen LogP contribution in [0.25, 0.3) is 0 Å². The highest BCUT2D eigenvalue weighted by Crippen LogP contribution is 2.24. The average molecular weight is 251 g/mol. The van der Waals surface area contributed by atoms with Crippen molar-refractivity contribution in [1.82, 2.24) is 4.90 Å². The van der Waals surface area contributed by atoms with Gasteiger partial charge in [0, 0.05) is 30.9 Å². The van der Waals surface area contributed by atoms with Gasteiger partial charge in [0.1, 0.15) is 5.75 Å². The molecule has 18 heavy (non-hydrogen) atoms. The van der Waals surface area contributed by atoms with E-state index in [4.69, 9.17) is 10.5 Å². The Morgan fingerprint density at radius 2 is 2.17 bits per heavy atom. The molecule has 0 aliphatic carbocycles. The highest BCUT2D eigenvalue weighted by molar-refractivity contribution is 5.61. The van der Waals surface area contributed by atoms with E-state index in [1.807, 2.05) is 18.2 Å². The molecule has 0 aromatic heterocycles. The summed E-state index contributed by atoms with van der Waals surface area (Å²) in [5.74, 6) is 0.718. The summed E-state index contributed by atoms with van der Waals surface area (Å²) in [6, 6.07) is 6.38. The Balaban J connectivity index is 2.44. The van der Waals surface area contributed by atoms with Crippen molar-refractivity contribution in [3.05, 3.63) is 18.2 Å². The fraction of sp³-hybridized carbons (Fsp3) is 0.571. The van der Waals surface area contributed by atoms with Gasteiger partial charge in [-0.2, -0.15) is 0 Å². The van der Waals surface area contributed by atoms with Gasteiger partial charge >= 0.3 is 0 Å². The van der Waals surface area contributed by atoms with Gasteiger partial charge in [0.25, 0.3) is 0 Å². The second-order valence-electron chi connectivity index (χ2n) is 4.62. The number of ether oxygens (including phenoxy) is 1. The molecule has 0 aliphatic rings. The van der Waals surface area contributed by atoms with Crippen LogP contribution in [-0.4, -0.2) is 38.2 Å². The summed E-state index contributed by atoms with van der Waals surface area (Å²) in [5.41, 5.74) is 7.48. The van der Waals surface area contributed by atoms with Crippen LogP contribution in [0.1, 0.15) is 20.3 Å². The first-order chi connectivity index (χ1) is 8.58. The molecule has 0 saturated heterocycles. The third-order valence-electron chi connectivity index (χ3n) is 3.37. The molecule has 0 bridgehead atoms. The Morgan fingerprint density at radius 3 is 2.78 bits per heavy atom. The number of nitrogen functional groups attached to an aromatic ring is 1. The van der Waals surface area contributed by atoms with E-state index in [1.165, 1.54) is 6.42 Å². The van der Waals surface area contributed by atoms with Gasteiger partial charge in [-0.1, -0.05) is 6.92 Å². The molecule has 4 heteroatoms. The summed E-state index contributed by atoms with van der Waals surface area (Å²) < 4.78 is 5.19. The second kappa shape index (κ2) is 7.11. The van der Waals surface area contributed by atoms with Crippen molar-refractivity contribution >= 4 is 11.4 Å². The van der Waals surface area contributed by atoms with Crippen LogP contribution in [-0.2, 0) is 0 Å². The summed E-state index contributed by atoms with van der Waals surface area (Å²) in [6.07, 6.45) is 1.17. The molecule has 102 valence electrons. The molecule has 0 fully saturated rings. The minimum absolute atomic E-state index is 0.618. The molecule has 0 heterocycles. The molecule has 4 nitrogen and oxygen atoms in total. The average Bonchev–Trinajstić information content (AvgIpc) is 2.39. The third kappa shape index (κ3) is 4.11. The van der Waals surface area contributed by atoms with Gasteiger partial charge in [-0.25, -0.2) is 0 Å². The fourth-order valence-electron chi connectivity index (χ4n) is 1.73. The molecule has 1 unspecified atom stereocenters. The van der Waals surface area contributed by atoms with E-state index in [-0.39, 0.29) is 0 Å². The molecular formula is C14H25N3O. The molecule has 1 aromatic rings. The number of nitrogens with one attached hydrogen (secondary N) is 1. The van der Waals surface area contributed by atoms with Crippen molar-refractivity contribution in [1.29, 1.82) is 0 Å². The van der Waals surface area contributed by atoms with Gasteiger partial charge in [0.15, 0.2) is 0 Å². The molecule has 3 N–H and O–H groups in total. The van der Waals surface area contributed by atoms with E-state index in [0.717, 1.165) is 24.5 Å². The molecule has 1 aromatic carbocycles. The van der Waals surface area contributed by atoms with E-state index in [0.29, 0.717) is 11.7 Å². The summed E-state index contributed by atoms with van der Waals surface area (Å²) in [4.78, 5) is 2.35. The van der Waals surface area contributed by atoms with Crippen molar-refractivity contribution in [2.24, 2.45) is 0 Å². The summed E-state index contributed by atoms with van der Waals surface area (Å²) in [6.45, 7) is 6.38. The lowest BCUT2D eigenvalue weighted by molar-refractivity contribution is 0.261. The summed E-state index contributed by atoms with van der Waals surface area (Å²) in [7, 11) is 3.78. The first-order valence-corrected chi connectivity index (χ1v) is 6.46. The van der Waals surface area contributed by atoms with E-state index in [1.54, 1.807) is 7.11 Å². The monoisotopic (exact) mass is 251 g/mol. The molecule has 1 rings (SSSR count). The zero-order chi connectivity index (χ0) is 13.5. The highest BCUT2D eigenvalue weighted by atomic mass is 16.5. The van der Waals surface area contributed by atoms with Crippen LogP contribution in [0.3, 0.4) is 0 Å². The predicted octanol–water partition coefficient (Wildman–Crippen LogP) is 2.42. The van der Waals surface area contributed by atoms with Gasteiger partial charge in [-0.05, 0) is 32.5 Å². The number of rotatable bonds is 7. The number of nitrogens with two attached hydrogens (primary N) is 1. The van der Waals surface area contributed by atoms with Crippen LogP contribution >= 0.6 is 0 Å². The van der Waals surface area contributed by atoms with Crippen molar-refractivity contribution in [3.8, 4) is 5.75 Å². The standard InChI is InChI=1S/C14H25N3O/c1-5-11(2)17(3)9-8-16-12-6-7-13(15)14(10-12)18-4/h6-7,10-11,16H,5,8-9,15H2,1-4H3. The van der Waals surface area contributed by atoms with Gasteiger partial charge in [-0.3, -0.25) is 0 Å². The second-order valence-corrected chi connectivity index (χ2v) is 4.62. The Hall–Kier alpha value is -1.42. The quantitative estimate of drug-likeness (QED) is 0.731. The van der Waals surface area contributed by atoms with E-state index >= 15 is 0 Å². The van der Waals surface area contributed by atoms with Gasteiger partial charge in [0.2, 0.25) is 0 Å². The maximum Gasteiger partial charge on any atom is 0.143 e. The minimum Gasteiger partial charge on any atom is -0.495 e. The molecule has 0 amide bonds. The van der Waals surface area contributed by atoms with E-state index < -0.39 is 0 Å². The lowest BCUT2D eigenvalue weighted by atomic mass is 10.2. The molecule has 0 radical (unpaired) electrons. The Bertz CT molecular complexity index is 368. The predicted molar refractivity (Wildman–Crippen MR) is 78.3 cm³/mol. The number of methoxy groups -OCH3 is 1. The van der Waals surface area contributed by atoms with Crippen LogP contribution in [0, 0.1) is 0 Å². The van der Waals surface area contributed by atoms with Crippen LogP contribution in [0.2, 0.25) is 0 Å². The molecule has 0 spiro atoms. The third-order valence-corrected chi connectivity index (χ3v) is 3.37. The SMILES string of the molecule is CCC(C)N(C)CCNc1ccc(N)c(OC)c1. The number of hydrogen-bond acceptors (Lipinski definition) is 4. The van der Waals surface area contributed by atoms with Crippen molar-refractivity contribution < 1.29 is 4.74 Å². The van der Waals surface area contributed by atoms with Crippen molar-refractivity contribution in [2.75, 3.05) is 38.3 Å². The number of likely N-dealkylation sites (N-methyl/N-ethyl adjacent to an activating group) is 1. The zero-order valence-electron chi connectivity index (χ0n) is 11.9. The zero-order valence-corrected chi connectivity index (χ0v) is 11.9. The highest BCUT2D eigenvalue weighted by Gasteiger charge is 2.06. The number of nitrogens with zero attached hydrogens (tertiary/aromatic N) is 1. The lowest BCUT2D eigenvalue weighted by Crippen LogP contribution is -2.32. The maximum absolute atomic E-state index is 5.77. The van der Waals surface area contributed by atoms with Gasteiger partial charge in [0.05, 0.1) is 12.8 Å². The Morgan fingerprint density at radius 1 is 1.44 bits per heavy atom. The summed E-state index contributed by atoms with van der Waals surface area (Å²) >= 11 is 0. The Kier molecular flexibility index (Phi) is 5.78. The van der Waals surface area contributed by atoms with Crippen LogP contribution in [0.15, 0.2) is 18.2 Å². The lowest BCUT2D eigenvalue weighted by Gasteiger charge is -2.23. The van der Waals surface area contributed by atoms with Gasteiger partial charge < -0.3 is 20.7 Å². The van der Waals surface area contributed by atoms with Crippen LogP contribution in [0.5, 0.6) is 5.75 Å². The number of anilines is 2. The topological polar surface area (TPSA) is 50.5 Å². The molecule has 1 atom stereocenters. The first kappa shape index (κ1) is 14.6. The van der Waals surface area contributed by atoms with Crippen molar-refractivity contribution in [3.63, 3.8) is 0 Å². The largest absolute Gasteiger partial charge is 0.495 e. The first-order valence-electron chi connectivity index (χ1n) is 6.46. The van der Waals surface area contributed by atoms with E-state index in [2.05, 4.69) is 31.1 Å². The molecular weight excluding hydrogens is 226 g/mol. The van der Waals surface area contributed by atoms with E-state index in [9.17, 15) is 0 Å². The normalized spacial score (nSPS) is 12.5. The fourth-order valence-corrected chi connectivity index (χ4v) is 1.73. The van der Waals surface area contributed by atoms with Crippen LogP contribution < -0.4 is 15.8 Å².